The minimum absolute atomic E-state index is 0.00315. The molecule has 2 aromatic carbocycles. The van der Waals surface area contributed by atoms with Crippen molar-refractivity contribution >= 4 is 17.1 Å². The molecule has 2 aromatic rings. The zero-order valence-corrected chi connectivity index (χ0v) is 17.0. The lowest BCUT2D eigenvalue weighted by molar-refractivity contribution is 0.0553. The molecule has 4 nitrogen and oxygen atoms in total. The van der Waals surface area contributed by atoms with Gasteiger partial charge < -0.3 is 5.32 Å². The van der Waals surface area contributed by atoms with Gasteiger partial charge in [-0.3, -0.25) is 0 Å². The monoisotopic (exact) mass is 379 g/mol. The Morgan fingerprint density at radius 2 is 1.52 bits per heavy atom. The van der Waals surface area contributed by atoms with Crippen LogP contribution < -0.4 is 16.3 Å². The summed E-state index contributed by atoms with van der Waals surface area (Å²) >= 11 is 0. The maximum atomic E-state index is 14.1. The molecule has 1 aliphatic carbocycles. The summed E-state index contributed by atoms with van der Waals surface area (Å²) in [4.78, 5) is 5.21. The molecule has 27 heavy (non-hydrogen) atoms. The summed E-state index contributed by atoms with van der Waals surface area (Å²) in [6.45, 7) is 12.0. The number of hydroxylamine groups is 1. The second kappa shape index (κ2) is 10.8. The molecule has 0 aromatic heterocycles. The number of nitrogens with one attached hydrogen (secondary N) is 3. The first-order chi connectivity index (χ1) is 13.0. The van der Waals surface area contributed by atoms with Gasteiger partial charge in [0.05, 0.1) is 5.69 Å². The van der Waals surface area contributed by atoms with Crippen LogP contribution in [0.5, 0.6) is 0 Å². The average molecular weight is 379 g/mol. The van der Waals surface area contributed by atoms with Gasteiger partial charge in [-0.1, -0.05) is 45.4 Å². The van der Waals surface area contributed by atoms with Crippen LogP contribution in [0.25, 0.3) is 0 Å². The topological polar surface area (TPSA) is 45.3 Å². The molecule has 3 N–H and O–H groups in total. The third-order valence-corrected chi connectivity index (χ3v) is 3.87. The summed E-state index contributed by atoms with van der Waals surface area (Å²) in [5.41, 5.74) is 7.49. The molecular weight excluding hydrogens is 348 g/mol. The molecule has 1 fully saturated rings. The molecule has 0 saturated heterocycles. The maximum absolute atomic E-state index is 14.1. The van der Waals surface area contributed by atoms with Gasteiger partial charge in [-0.25, -0.2) is 14.3 Å². The third-order valence-electron chi connectivity index (χ3n) is 3.87. The van der Waals surface area contributed by atoms with Crippen molar-refractivity contribution in [2.45, 2.75) is 59.9 Å². The average Bonchev–Trinajstić information content (AvgIpc) is 3.43. The zero-order chi connectivity index (χ0) is 20.4. The quantitative estimate of drug-likeness (QED) is 0.503. The van der Waals surface area contributed by atoms with E-state index in [-0.39, 0.29) is 11.2 Å². The Bertz CT molecular complexity index is 701. The smallest absolute Gasteiger partial charge is 0.184 e. The van der Waals surface area contributed by atoms with Crippen LogP contribution in [0.3, 0.4) is 0 Å². The Morgan fingerprint density at radius 1 is 0.926 bits per heavy atom. The number of benzene rings is 2. The first kappa shape index (κ1) is 22.9. The fourth-order valence-electron chi connectivity index (χ4n) is 2.03. The molecule has 0 bridgehead atoms. The fourth-order valence-corrected chi connectivity index (χ4v) is 2.03. The predicted octanol–water partition coefficient (Wildman–Crippen LogP) is 6.47. The van der Waals surface area contributed by atoms with Crippen LogP contribution in [0.4, 0.5) is 25.8 Å². The van der Waals surface area contributed by atoms with Crippen LogP contribution in [0.15, 0.2) is 36.4 Å². The van der Waals surface area contributed by atoms with Crippen LogP contribution in [0.2, 0.25) is 0 Å². The van der Waals surface area contributed by atoms with Crippen molar-refractivity contribution in [3.8, 4) is 0 Å². The number of halogens is 2. The molecule has 1 aliphatic rings. The van der Waals surface area contributed by atoms with Gasteiger partial charge in [-0.05, 0) is 51.0 Å². The molecular formula is C21H31F2N3O. The molecule has 0 unspecified atom stereocenters. The Labute approximate surface area is 161 Å². The number of hydrogen-bond acceptors (Lipinski definition) is 4. The first-order valence-corrected chi connectivity index (χ1v) is 9.48. The number of rotatable bonds is 6. The minimum Gasteiger partial charge on any atom is -0.351 e. The summed E-state index contributed by atoms with van der Waals surface area (Å²) < 4.78 is 27.7. The van der Waals surface area contributed by atoms with E-state index in [2.05, 4.69) is 16.3 Å². The van der Waals surface area contributed by atoms with E-state index in [9.17, 15) is 8.78 Å². The van der Waals surface area contributed by atoms with Crippen LogP contribution in [-0.2, 0) is 4.94 Å². The first-order valence-electron chi connectivity index (χ1n) is 9.48. The molecule has 0 amide bonds. The van der Waals surface area contributed by atoms with E-state index in [1.807, 2.05) is 53.7 Å². The summed E-state index contributed by atoms with van der Waals surface area (Å²) in [6, 6.07) is 9.85. The van der Waals surface area contributed by atoms with Gasteiger partial charge in [0.25, 0.3) is 0 Å². The highest BCUT2D eigenvalue weighted by atomic mass is 19.2. The van der Waals surface area contributed by atoms with Crippen molar-refractivity contribution in [2.24, 2.45) is 0 Å². The van der Waals surface area contributed by atoms with Crippen molar-refractivity contribution in [1.82, 2.24) is 5.48 Å². The van der Waals surface area contributed by atoms with Crippen molar-refractivity contribution in [2.75, 3.05) is 10.8 Å². The van der Waals surface area contributed by atoms with Crippen molar-refractivity contribution < 1.29 is 13.7 Å². The summed E-state index contributed by atoms with van der Waals surface area (Å²) in [6.07, 6.45) is 2.03. The molecule has 1 saturated carbocycles. The molecule has 0 aliphatic heterocycles. The molecule has 0 radical (unpaired) electrons. The normalized spacial score (nSPS) is 13.5. The van der Waals surface area contributed by atoms with E-state index in [1.165, 1.54) is 6.07 Å². The van der Waals surface area contributed by atoms with Crippen LogP contribution in [0, 0.1) is 18.6 Å². The Balaban J connectivity index is 0.000000855. The van der Waals surface area contributed by atoms with E-state index in [0.717, 1.165) is 24.5 Å². The molecule has 6 heteroatoms. The van der Waals surface area contributed by atoms with Gasteiger partial charge in [0.15, 0.2) is 11.6 Å². The van der Waals surface area contributed by atoms with Gasteiger partial charge in [-0.2, -0.15) is 10.4 Å². The maximum Gasteiger partial charge on any atom is 0.184 e. The van der Waals surface area contributed by atoms with Gasteiger partial charge >= 0.3 is 0 Å². The van der Waals surface area contributed by atoms with Crippen LogP contribution in [0.1, 0.15) is 53.0 Å². The molecule has 0 heterocycles. The van der Waals surface area contributed by atoms with E-state index < -0.39 is 11.6 Å². The van der Waals surface area contributed by atoms with Crippen LogP contribution >= 0.6 is 0 Å². The van der Waals surface area contributed by atoms with Gasteiger partial charge in [0, 0.05) is 11.2 Å². The summed E-state index contributed by atoms with van der Waals surface area (Å²) in [5, 5.41) is 2.89. The number of hydrogen-bond donors (Lipinski definition) is 3. The standard InChI is InChI=1S/C17H19F2N3O.2C2H6/c1-11-3-5-12(6-4-11)20-16-14(8-7-13(18)15(16)19)21-23-22-17(2)9-10-17;2*1-2/h3-8,20-22H,9-10H2,1-2H3;2*1-2H3. The van der Waals surface area contributed by atoms with E-state index >= 15 is 0 Å². The highest BCUT2D eigenvalue weighted by Gasteiger charge is 2.37. The van der Waals surface area contributed by atoms with Crippen LogP contribution in [-0.4, -0.2) is 5.54 Å². The van der Waals surface area contributed by atoms with Crippen molar-refractivity contribution in [3.63, 3.8) is 0 Å². The largest absolute Gasteiger partial charge is 0.351 e. The third kappa shape index (κ3) is 6.81. The Hall–Kier alpha value is -2.18. The SMILES string of the molecule is CC.CC.Cc1ccc(Nc2c(NONC3(C)CC3)ccc(F)c2F)cc1. The van der Waals surface area contributed by atoms with Gasteiger partial charge in [0.1, 0.15) is 5.69 Å². The van der Waals surface area contributed by atoms with Crippen molar-refractivity contribution in [3.05, 3.63) is 53.6 Å². The predicted molar refractivity (Wildman–Crippen MR) is 109 cm³/mol. The molecule has 3 rings (SSSR count). The summed E-state index contributed by atoms with van der Waals surface area (Å²) in [7, 11) is 0. The second-order valence-electron chi connectivity index (χ2n) is 6.14. The number of aryl methyl sites for hydroxylation is 1. The lowest BCUT2D eigenvalue weighted by Gasteiger charge is -2.17. The number of anilines is 3. The van der Waals surface area contributed by atoms with Crippen molar-refractivity contribution in [1.29, 1.82) is 0 Å². The van der Waals surface area contributed by atoms with E-state index in [0.29, 0.717) is 11.4 Å². The lowest BCUT2D eigenvalue weighted by Crippen LogP contribution is -2.30. The summed E-state index contributed by atoms with van der Waals surface area (Å²) in [5.74, 6) is -1.89. The Morgan fingerprint density at radius 3 is 2.07 bits per heavy atom. The van der Waals surface area contributed by atoms with Gasteiger partial charge in [0.2, 0.25) is 0 Å². The van der Waals surface area contributed by atoms with Gasteiger partial charge in [-0.15, -0.1) is 0 Å². The highest BCUT2D eigenvalue weighted by molar-refractivity contribution is 5.74. The molecule has 0 spiro atoms. The second-order valence-corrected chi connectivity index (χ2v) is 6.14. The van der Waals surface area contributed by atoms with E-state index in [1.54, 1.807) is 12.1 Å². The highest BCUT2D eigenvalue weighted by Crippen LogP contribution is 2.35. The molecule has 0 atom stereocenters. The lowest BCUT2D eigenvalue weighted by atomic mass is 10.2. The minimum atomic E-state index is -0.961. The fraction of sp³-hybridized carbons (Fsp3) is 0.429. The zero-order valence-electron chi connectivity index (χ0n) is 17.0. The van der Waals surface area contributed by atoms with E-state index in [4.69, 9.17) is 4.94 Å². The Kier molecular flexibility index (Phi) is 9.18. The molecule has 150 valence electrons.